The van der Waals surface area contributed by atoms with Crippen molar-refractivity contribution in [2.45, 2.75) is 58.3 Å². The van der Waals surface area contributed by atoms with Gasteiger partial charge in [0.25, 0.3) is 0 Å². The van der Waals surface area contributed by atoms with Gasteiger partial charge < -0.3 is 14.7 Å². The molecule has 6 nitrogen and oxygen atoms in total. The molecule has 3 heterocycles. The number of carbonyl (C=O) groups excluding carboxylic acids is 1. The Kier molecular flexibility index (Phi) is 5.91. The van der Waals surface area contributed by atoms with Crippen LogP contribution in [0.2, 0.25) is 0 Å². The van der Waals surface area contributed by atoms with Gasteiger partial charge in [-0.3, -0.25) is 4.79 Å². The van der Waals surface area contributed by atoms with E-state index in [2.05, 4.69) is 15.5 Å². The van der Waals surface area contributed by atoms with Gasteiger partial charge in [-0.2, -0.15) is 4.98 Å². The van der Waals surface area contributed by atoms with Crippen molar-refractivity contribution in [2.75, 3.05) is 26.2 Å². The monoisotopic (exact) mass is 356 g/mol. The quantitative estimate of drug-likeness (QED) is 0.899. The summed E-state index contributed by atoms with van der Waals surface area (Å²) in [6, 6.07) is 0. The number of carbonyl (C=O) groups is 1. The lowest BCUT2D eigenvalue weighted by Crippen LogP contribution is -2.44. The fourth-order valence-electron chi connectivity index (χ4n) is 3.49. The second-order valence-corrected chi connectivity index (χ2v) is 8.07. The first-order chi connectivity index (χ1) is 10.9. The summed E-state index contributed by atoms with van der Waals surface area (Å²) in [7, 11) is 0. The van der Waals surface area contributed by atoms with E-state index in [4.69, 9.17) is 4.52 Å². The lowest BCUT2D eigenvalue weighted by Gasteiger charge is -2.38. The number of likely N-dealkylation sites (tertiary alicyclic amines) is 1. The molecule has 24 heavy (non-hydrogen) atoms. The number of piperidine rings is 1. The van der Waals surface area contributed by atoms with Gasteiger partial charge in [-0.05, 0) is 31.2 Å². The van der Waals surface area contributed by atoms with Gasteiger partial charge in [-0.15, -0.1) is 12.4 Å². The van der Waals surface area contributed by atoms with Crippen molar-refractivity contribution >= 4 is 18.3 Å². The average molecular weight is 357 g/mol. The Morgan fingerprint density at radius 2 is 2.00 bits per heavy atom. The average Bonchev–Trinajstić information content (AvgIpc) is 3.15. The molecule has 0 aliphatic carbocycles. The highest BCUT2D eigenvalue weighted by Crippen LogP contribution is 2.37. The number of nitrogens with zero attached hydrogens (tertiary/aromatic N) is 3. The molecule has 3 rings (SSSR count). The Morgan fingerprint density at radius 1 is 1.29 bits per heavy atom. The molecule has 0 bridgehead atoms. The number of hydrogen-bond acceptors (Lipinski definition) is 5. The van der Waals surface area contributed by atoms with Crippen molar-refractivity contribution in [3.8, 4) is 0 Å². The molecular weight excluding hydrogens is 328 g/mol. The molecule has 2 aliphatic heterocycles. The SMILES string of the molecule is CC(C)(C)c1noc(CCC(=O)N2CCC3(CCNC3)CC2)n1.Cl. The van der Waals surface area contributed by atoms with Crippen LogP contribution in [0, 0.1) is 5.41 Å². The van der Waals surface area contributed by atoms with Crippen molar-refractivity contribution in [1.29, 1.82) is 0 Å². The van der Waals surface area contributed by atoms with Crippen LogP contribution in [0.15, 0.2) is 4.52 Å². The number of amides is 1. The highest BCUT2D eigenvalue weighted by atomic mass is 35.5. The van der Waals surface area contributed by atoms with Crippen LogP contribution in [0.1, 0.15) is 58.2 Å². The minimum Gasteiger partial charge on any atom is -0.343 e. The highest BCUT2D eigenvalue weighted by molar-refractivity contribution is 5.85. The van der Waals surface area contributed by atoms with E-state index in [9.17, 15) is 4.79 Å². The fraction of sp³-hybridized carbons (Fsp3) is 0.824. The fourth-order valence-corrected chi connectivity index (χ4v) is 3.49. The molecule has 0 saturated carbocycles. The van der Waals surface area contributed by atoms with Crippen LogP contribution in [-0.2, 0) is 16.6 Å². The second kappa shape index (κ2) is 7.40. The lowest BCUT2D eigenvalue weighted by molar-refractivity contribution is -0.133. The molecule has 7 heteroatoms. The maximum Gasteiger partial charge on any atom is 0.227 e. The third-order valence-corrected chi connectivity index (χ3v) is 5.20. The Balaban J connectivity index is 0.00000208. The normalized spacial score (nSPS) is 20.2. The Bertz CT molecular complexity index is 551. The number of nitrogens with one attached hydrogen (secondary N) is 1. The number of aromatic nitrogens is 2. The highest BCUT2D eigenvalue weighted by Gasteiger charge is 2.37. The molecule has 1 spiro atoms. The predicted octanol–water partition coefficient (Wildman–Crippen LogP) is 2.32. The molecule has 1 aromatic rings. The van der Waals surface area contributed by atoms with Crippen LogP contribution in [0.3, 0.4) is 0 Å². The van der Waals surface area contributed by atoms with E-state index in [0.717, 1.165) is 39.0 Å². The molecule has 0 atom stereocenters. The third kappa shape index (κ3) is 4.28. The molecule has 1 amide bonds. The molecular formula is C17H29ClN4O2. The maximum atomic E-state index is 12.4. The smallest absolute Gasteiger partial charge is 0.227 e. The van der Waals surface area contributed by atoms with E-state index in [0.29, 0.717) is 30.0 Å². The van der Waals surface area contributed by atoms with Crippen LogP contribution >= 0.6 is 12.4 Å². The minimum absolute atomic E-state index is 0. The maximum absolute atomic E-state index is 12.4. The van der Waals surface area contributed by atoms with Crippen molar-refractivity contribution in [3.63, 3.8) is 0 Å². The van der Waals surface area contributed by atoms with E-state index in [1.165, 1.54) is 6.42 Å². The van der Waals surface area contributed by atoms with Crippen molar-refractivity contribution in [3.05, 3.63) is 11.7 Å². The van der Waals surface area contributed by atoms with E-state index < -0.39 is 0 Å². The first-order valence-electron chi connectivity index (χ1n) is 8.70. The second-order valence-electron chi connectivity index (χ2n) is 8.07. The van der Waals surface area contributed by atoms with Crippen molar-refractivity contribution in [1.82, 2.24) is 20.4 Å². The van der Waals surface area contributed by atoms with Gasteiger partial charge in [0.15, 0.2) is 5.82 Å². The largest absolute Gasteiger partial charge is 0.343 e. The zero-order valence-corrected chi connectivity index (χ0v) is 15.7. The van der Waals surface area contributed by atoms with Gasteiger partial charge in [-0.1, -0.05) is 25.9 Å². The van der Waals surface area contributed by atoms with Crippen molar-refractivity contribution < 1.29 is 9.32 Å². The van der Waals surface area contributed by atoms with Crippen LogP contribution in [0.4, 0.5) is 0 Å². The van der Waals surface area contributed by atoms with Crippen LogP contribution < -0.4 is 5.32 Å². The first kappa shape index (κ1) is 19.2. The summed E-state index contributed by atoms with van der Waals surface area (Å²) in [5.74, 6) is 1.48. The Labute approximate surface area is 150 Å². The van der Waals surface area contributed by atoms with Gasteiger partial charge in [0, 0.05) is 37.9 Å². The van der Waals surface area contributed by atoms with Crippen LogP contribution in [-0.4, -0.2) is 47.1 Å². The molecule has 2 saturated heterocycles. The number of rotatable bonds is 3. The molecule has 1 N–H and O–H groups in total. The summed E-state index contributed by atoms with van der Waals surface area (Å²) in [6.45, 7) is 10.2. The van der Waals surface area contributed by atoms with Crippen LogP contribution in [0.25, 0.3) is 0 Å². The van der Waals surface area contributed by atoms with E-state index >= 15 is 0 Å². The molecule has 0 aromatic carbocycles. The first-order valence-corrected chi connectivity index (χ1v) is 8.70. The number of aryl methyl sites for hydroxylation is 1. The Morgan fingerprint density at radius 3 is 2.54 bits per heavy atom. The summed E-state index contributed by atoms with van der Waals surface area (Å²) in [6.07, 6.45) is 4.50. The molecule has 2 aliphatic rings. The summed E-state index contributed by atoms with van der Waals surface area (Å²) >= 11 is 0. The van der Waals surface area contributed by atoms with Crippen molar-refractivity contribution in [2.24, 2.45) is 5.41 Å². The zero-order valence-electron chi connectivity index (χ0n) is 14.9. The standard InChI is InChI=1S/C17H28N4O2.ClH/c1-16(2,3)15-19-13(23-20-15)4-5-14(22)21-10-7-17(8-11-21)6-9-18-12-17;/h18H,4-12H2,1-3H3;1H. The molecule has 0 unspecified atom stereocenters. The summed E-state index contributed by atoms with van der Waals surface area (Å²) in [5, 5.41) is 7.46. The molecule has 136 valence electrons. The van der Waals surface area contributed by atoms with Gasteiger partial charge in [0.1, 0.15) is 0 Å². The number of halogens is 1. The van der Waals surface area contributed by atoms with E-state index in [-0.39, 0.29) is 23.7 Å². The number of hydrogen-bond donors (Lipinski definition) is 1. The Hall–Kier alpha value is -1.14. The van der Waals surface area contributed by atoms with E-state index in [1.54, 1.807) is 0 Å². The topological polar surface area (TPSA) is 71.3 Å². The molecule has 1 aromatic heterocycles. The van der Waals surface area contributed by atoms with Crippen LogP contribution in [0.5, 0.6) is 0 Å². The summed E-state index contributed by atoms with van der Waals surface area (Å²) in [4.78, 5) is 18.8. The molecule has 2 fully saturated rings. The lowest BCUT2D eigenvalue weighted by atomic mass is 9.78. The van der Waals surface area contributed by atoms with Gasteiger partial charge in [0.05, 0.1) is 0 Å². The van der Waals surface area contributed by atoms with E-state index in [1.807, 2.05) is 25.7 Å². The summed E-state index contributed by atoms with van der Waals surface area (Å²) < 4.78 is 5.26. The third-order valence-electron chi connectivity index (χ3n) is 5.20. The van der Waals surface area contributed by atoms with Gasteiger partial charge in [0.2, 0.25) is 11.8 Å². The molecule has 0 radical (unpaired) electrons. The summed E-state index contributed by atoms with van der Waals surface area (Å²) in [5.41, 5.74) is 0.327. The van der Waals surface area contributed by atoms with Gasteiger partial charge in [-0.25, -0.2) is 0 Å². The predicted molar refractivity (Wildman–Crippen MR) is 94.3 cm³/mol. The minimum atomic E-state index is -0.123. The zero-order chi connectivity index (χ0) is 16.5. The van der Waals surface area contributed by atoms with Gasteiger partial charge >= 0.3 is 0 Å².